The number of benzene rings is 2. The minimum absolute atomic E-state index is 0.0969. The molecule has 0 aliphatic carbocycles. The van der Waals surface area contributed by atoms with Crippen molar-refractivity contribution >= 4 is 37.2 Å². The van der Waals surface area contributed by atoms with Crippen LogP contribution in [0.25, 0.3) is 0 Å². The van der Waals surface area contributed by atoms with Gasteiger partial charge in [-0.15, -0.1) is 0 Å². The van der Waals surface area contributed by atoms with Gasteiger partial charge in [0.2, 0.25) is 5.91 Å². The highest BCUT2D eigenvalue weighted by atomic mass is 28.4. The third kappa shape index (κ3) is 4.14. The fourth-order valence-electron chi connectivity index (χ4n) is 6.62. The second-order valence-corrected chi connectivity index (χ2v) is 15.0. The fourth-order valence-corrected chi connectivity index (χ4v) is 9.22. The van der Waals surface area contributed by atoms with Gasteiger partial charge in [-0.2, -0.15) is 0 Å². The van der Waals surface area contributed by atoms with Crippen LogP contribution in [-0.2, 0) is 26.5 Å². The lowest BCUT2D eigenvalue weighted by Gasteiger charge is -2.32. The van der Waals surface area contributed by atoms with E-state index in [9.17, 15) is 29.6 Å². The molecule has 2 aromatic carbocycles. The van der Waals surface area contributed by atoms with E-state index in [1.807, 2.05) is 31.2 Å². The molecule has 202 valence electrons. The molecular formula is C27H33N3O7Si. The number of carbonyl (C=O) groups is 2. The third-order valence-electron chi connectivity index (χ3n) is 8.25. The molecule has 2 aromatic rings. The van der Waals surface area contributed by atoms with Crippen molar-refractivity contribution in [3.05, 3.63) is 63.7 Å². The number of carbonyl (C=O) groups excluding carboxylic acids is 2. The van der Waals surface area contributed by atoms with Crippen LogP contribution < -0.4 is 9.80 Å². The first-order valence-electron chi connectivity index (χ1n) is 13.0. The van der Waals surface area contributed by atoms with Crippen LogP contribution in [0.5, 0.6) is 0 Å². The normalized spacial score (nSPS) is 27.0. The molecule has 0 bridgehead atoms. The Labute approximate surface area is 222 Å². The average molecular weight is 540 g/mol. The van der Waals surface area contributed by atoms with Crippen LogP contribution in [0.15, 0.2) is 42.5 Å². The summed E-state index contributed by atoms with van der Waals surface area (Å²) in [5.41, 5.74) is 0.606. The minimum atomic E-state index is -2.86. The number of hydrogen-bond donors (Lipinski definition) is 2. The Bertz CT molecular complexity index is 1280. The molecule has 11 heteroatoms. The van der Waals surface area contributed by atoms with Gasteiger partial charge in [0.15, 0.2) is 13.9 Å². The Morgan fingerprint density at radius 2 is 1.89 bits per heavy atom. The zero-order chi connectivity index (χ0) is 27.4. The number of fused-ring (bicyclic) bond motifs is 2. The molecule has 0 aromatic heterocycles. The quantitative estimate of drug-likeness (QED) is 0.313. The summed E-state index contributed by atoms with van der Waals surface area (Å²) in [7, 11) is -2.86. The largest absolute Gasteiger partial charge is 0.432 e. The first-order chi connectivity index (χ1) is 18.0. The second kappa shape index (κ2) is 9.56. The lowest BCUT2D eigenvalue weighted by molar-refractivity contribution is -0.385. The van der Waals surface area contributed by atoms with Gasteiger partial charge in [0.25, 0.3) is 11.6 Å². The van der Waals surface area contributed by atoms with Crippen LogP contribution in [0, 0.1) is 16.0 Å². The molecule has 5 rings (SSSR count). The van der Waals surface area contributed by atoms with E-state index < -0.39 is 30.9 Å². The van der Waals surface area contributed by atoms with Gasteiger partial charge in [0, 0.05) is 54.4 Å². The second-order valence-electron chi connectivity index (χ2n) is 11.0. The number of nitro groups is 1. The molecule has 10 nitrogen and oxygen atoms in total. The van der Waals surface area contributed by atoms with E-state index in [0.29, 0.717) is 24.2 Å². The number of anilines is 2. The Balaban J connectivity index is 1.54. The SMILES string of the molecule is C[C@H]1[C@H]([Si](C)(C)O)[C@@H](CCO)O[C@]12C(=O)N(Cc1ccc(N3CCCC3=O)cc1)c1ccc([N+](=O)[O-])cc12. The zero-order valence-corrected chi connectivity index (χ0v) is 22.8. The van der Waals surface area contributed by atoms with Crippen LogP contribution in [0.2, 0.25) is 18.6 Å². The lowest BCUT2D eigenvalue weighted by atomic mass is 9.82. The summed E-state index contributed by atoms with van der Waals surface area (Å²) < 4.78 is 6.50. The van der Waals surface area contributed by atoms with E-state index in [2.05, 4.69) is 0 Å². The summed E-state index contributed by atoms with van der Waals surface area (Å²) in [4.78, 5) is 52.1. The lowest BCUT2D eigenvalue weighted by Crippen LogP contribution is -2.46. The maximum absolute atomic E-state index is 14.3. The molecule has 2 N–H and O–H groups in total. The molecule has 2 amide bonds. The molecule has 4 atom stereocenters. The molecule has 38 heavy (non-hydrogen) atoms. The van der Waals surface area contributed by atoms with Gasteiger partial charge < -0.3 is 24.4 Å². The number of amides is 2. The highest BCUT2D eigenvalue weighted by Crippen LogP contribution is 2.60. The van der Waals surface area contributed by atoms with Crippen LogP contribution in [0.4, 0.5) is 17.1 Å². The number of rotatable bonds is 7. The molecule has 0 unspecified atom stereocenters. The van der Waals surface area contributed by atoms with Crippen LogP contribution in [0.1, 0.15) is 37.3 Å². The van der Waals surface area contributed by atoms with E-state index in [0.717, 1.165) is 17.7 Å². The third-order valence-corrected chi connectivity index (χ3v) is 10.8. The predicted molar refractivity (Wildman–Crippen MR) is 143 cm³/mol. The van der Waals surface area contributed by atoms with Crippen molar-refractivity contribution in [3.8, 4) is 0 Å². The maximum atomic E-state index is 14.3. The molecule has 3 heterocycles. The van der Waals surface area contributed by atoms with Crippen LogP contribution in [0.3, 0.4) is 0 Å². The van der Waals surface area contributed by atoms with E-state index in [1.165, 1.54) is 12.1 Å². The molecule has 3 aliphatic heterocycles. The topological polar surface area (TPSA) is 133 Å². The minimum Gasteiger partial charge on any atom is -0.432 e. The molecule has 3 aliphatic rings. The zero-order valence-electron chi connectivity index (χ0n) is 21.8. The average Bonchev–Trinajstić information content (AvgIpc) is 3.49. The van der Waals surface area contributed by atoms with Gasteiger partial charge in [-0.25, -0.2) is 0 Å². The van der Waals surface area contributed by atoms with Gasteiger partial charge in [-0.1, -0.05) is 19.1 Å². The highest BCUT2D eigenvalue weighted by Gasteiger charge is 2.66. The van der Waals surface area contributed by atoms with Gasteiger partial charge >= 0.3 is 0 Å². The smallest absolute Gasteiger partial charge is 0.269 e. The number of non-ortho nitro benzene ring substituents is 1. The fraction of sp³-hybridized carbons (Fsp3) is 0.481. The Kier molecular flexibility index (Phi) is 6.67. The van der Waals surface area contributed by atoms with Crippen molar-refractivity contribution in [1.29, 1.82) is 0 Å². The molecule has 1 spiro atoms. The van der Waals surface area contributed by atoms with Gasteiger partial charge in [-0.05, 0) is 49.7 Å². The Morgan fingerprint density at radius 1 is 1.18 bits per heavy atom. The van der Waals surface area contributed by atoms with Crippen molar-refractivity contribution in [1.82, 2.24) is 0 Å². The summed E-state index contributed by atoms with van der Waals surface area (Å²) in [5, 5.41) is 21.4. The van der Waals surface area contributed by atoms with E-state index in [4.69, 9.17) is 4.74 Å². The highest BCUT2D eigenvalue weighted by molar-refractivity contribution is 6.71. The van der Waals surface area contributed by atoms with Gasteiger partial charge in [0.05, 0.1) is 23.3 Å². The summed E-state index contributed by atoms with van der Waals surface area (Å²) in [6, 6.07) is 11.9. The van der Waals surface area contributed by atoms with Crippen molar-refractivity contribution in [3.63, 3.8) is 0 Å². The first-order valence-corrected chi connectivity index (χ1v) is 16.0. The van der Waals surface area contributed by atoms with Crippen molar-refractivity contribution < 1.29 is 29.2 Å². The number of hydrogen-bond acceptors (Lipinski definition) is 7. The van der Waals surface area contributed by atoms with E-state index in [1.54, 1.807) is 29.0 Å². The van der Waals surface area contributed by atoms with Gasteiger partial charge in [-0.3, -0.25) is 19.7 Å². The number of ether oxygens (including phenoxy) is 1. The summed E-state index contributed by atoms with van der Waals surface area (Å²) in [6.07, 6.45) is 1.06. The van der Waals surface area contributed by atoms with Crippen molar-refractivity contribution in [2.75, 3.05) is 23.0 Å². The summed E-state index contributed by atoms with van der Waals surface area (Å²) >= 11 is 0. The van der Waals surface area contributed by atoms with Crippen LogP contribution >= 0.6 is 0 Å². The van der Waals surface area contributed by atoms with E-state index >= 15 is 0 Å². The van der Waals surface area contributed by atoms with Gasteiger partial charge in [0.1, 0.15) is 0 Å². The van der Waals surface area contributed by atoms with Crippen molar-refractivity contribution in [2.45, 2.75) is 63.1 Å². The molecule has 2 fully saturated rings. The summed E-state index contributed by atoms with van der Waals surface area (Å²) in [5.74, 6) is -0.699. The van der Waals surface area contributed by atoms with Crippen molar-refractivity contribution in [2.24, 2.45) is 5.92 Å². The standard InChI is InChI=1S/C27H33N3O7Si/c1-17-25(38(2,3)36)23(12-14-31)37-27(17)21-15-20(30(34)35)10-11-22(21)29(26(27)33)16-18-6-8-19(9-7-18)28-13-4-5-24(28)32/h6-11,15,17,23,25,31,36H,4-5,12-14,16H2,1-3H3/t17-,23+,25-,27+/m0/s1. The number of aliphatic hydroxyl groups is 1. The maximum Gasteiger partial charge on any atom is 0.269 e. The summed E-state index contributed by atoms with van der Waals surface area (Å²) in [6.45, 7) is 6.18. The molecule has 2 saturated heterocycles. The number of nitro benzene ring substituents is 1. The van der Waals surface area contributed by atoms with Crippen LogP contribution in [-0.4, -0.2) is 54.2 Å². The molecule has 0 radical (unpaired) electrons. The monoisotopic (exact) mass is 539 g/mol. The Hall–Kier alpha value is -3.12. The number of nitrogens with zero attached hydrogens (tertiary/aromatic N) is 3. The first kappa shape index (κ1) is 26.5. The van der Waals surface area contributed by atoms with E-state index in [-0.39, 0.29) is 42.6 Å². The number of aliphatic hydroxyl groups excluding tert-OH is 1. The predicted octanol–water partition coefficient (Wildman–Crippen LogP) is 3.45. The molecular weight excluding hydrogens is 506 g/mol. The molecule has 0 saturated carbocycles. The Morgan fingerprint density at radius 3 is 2.47 bits per heavy atom.